The summed E-state index contributed by atoms with van der Waals surface area (Å²) < 4.78 is 0. The summed E-state index contributed by atoms with van der Waals surface area (Å²) in [5.41, 5.74) is 2.36. The number of hydrogen-bond acceptors (Lipinski definition) is 2. The summed E-state index contributed by atoms with van der Waals surface area (Å²) >= 11 is 0. The van der Waals surface area contributed by atoms with Gasteiger partial charge in [-0.2, -0.15) is 0 Å². The molecule has 2 rings (SSSR count). The van der Waals surface area contributed by atoms with E-state index >= 15 is 0 Å². The van der Waals surface area contributed by atoms with Crippen molar-refractivity contribution in [2.24, 2.45) is 11.8 Å². The molecule has 0 radical (unpaired) electrons. The SMILES string of the molecule is CC(=O)N(C)Cc1ccccc1NCC1CCC(C)CC1. The standard InChI is InChI=1S/C18H28N2O/c1-14-8-10-16(11-9-14)12-19-18-7-5-4-6-17(18)13-20(3)15(2)21/h4-7,14,16,19H,8-13H2,1-3H3. The number of hydrogen-bond donors (Lipinski definition) is 1. The molecule has 0 spiro atoms. The Kier molecular flexibility index (Phi) is 5.66. The Hall–Kier alpha value is -1.51. The second-order valence-corrected chi connectivity index (χ2v) is 6.54. The van der Waals surface area contributed by atoms with E-state index < -0.39 is 0 Å². The topological polar surface area (TPSA) is 32.3 Å². The van der Waals surface area contributed by atoms with E-state index in [9.17, 15) is 4.79 Å². The number of carbonyl (C=O) groups excluding carboxylic acids is 1. The third-order valence-corrected chi connectivity index (χ3v) is 4.68. The number of rotatable bonds is 5. The van der Waals surface area contributed by atoms with Crippen molar-refractivity contribution < 1.29 is 4.79 Å². The van der Waals surface area contributed by atoms with Gasteiger partial charge in [0.05, 0.1) is 0 Å². The number of nitrogens with one attached hydrogen (secondary N) is 1. The molecular formula is C18H28N2O. The van der Waals surface area contributed by atoms with Crippen LogP contribution in [-0.4, -0.2) is 24.4 Å². The van der Waals surface area contributed by atoms with Crippen molar-refractivity contribution in [3.05, 3.63) is 29.8 Å². The highest BCUT2D eigenvalue weighted by Crippen LogP contribution is 2.28. The highest BCUT2D eigenvalue weighted by molar-refractivity contribution is 5.73. The highest BCUT2D eigenvalue weighted by atomic mass is 16.2. The molecule has 1 aliphatic rings. The van der Waals surface area contributed by atoms with Gasteiger partial charge in [0.15, 0.2) is 0 Å². The van der Waals surface area contributed by atoms with E-state index in [-0.39, 0.29) is 5.91 Å². The Morgan fingerprint density at radius 1 is 1.24 bits per heavy atom. The van der Waals surface area contributed by atoms with Crippen LogP contribution in [0.15, 0.2) is 24.3 Å². The van der Waals surface area contributed by atoms with Crippen molar-refractivity contribution in [2.45, 2.75) is 46.1 Å². The lowest BCUT2D eigenvalue weighted by Gasteiger charge is -2.27. The fourth-order valence-electron chi connectivity index (χ4n) is 2.99. The van der Waals surface area contributed by atoms with Crippen molar-refractivity contribution in [3.63, 3.8) is 0 Å². The quantitative estimate of drug-likeness (QED) is 0.891. The predicted octanol–water partition coefficient (Wildman–Crippen LogP) is 3.90. The Bertz CT molecular complexity index is 464. The second kappa shape index (κ2) is 7.48. The molecule has 0 aliphatic heterocycles. The molecule has 1 aromatic carbocycles. The van der Waals surface area contributed by atoms with Crippen molar-refractivity contribution in [2.75, 3.05) is 18.9 Å². The molecule has 0 atom stereocenters. The van der Waals surface area contributed by atoms with Crippen molar-refractivity contribution in [1.29, 1.82) is 0 Å². The summed E-state index contributed by atoms with van der Waals surface area (Å²) in [6.45, 7) is 5.68. The minimum Gasteiger partial charge on any atom is -0.384 e. The fraction of sp³-hybridized carbons (Fsp3) is 0.611. The van der Waals surface area contributed by atoms with Crippen LogP contribution in [0.2, 0.25) is 0 Å². The van der Waals surface area contributed by atoms with Crippen LogP contribution >= 0.6 is 0 Å². The molecule has 116 valence electrons. The molecule has 1 N–H and O–H groups in total. The van der Waals surface area contributed by atoms with Crippen LogP contribution in [0, 0.1) is 11.8 Å². The Balaban J connectivity index is 1.92. The summed E-state index contributed by atoms with van der Waals surface area (Å²) in [7, 11) is 1.85. The van der Waals surface area contributed by atoms with Crippen LogP contribution in [0.3, 0.4) is 0 Å². The smallest absolute Gasteiger partial charge is 0.219 e. The lowest BCUT2D eigenvalue weighted by atomic mass is 9.83. The van der Waals surface area contributed by atoms with Crippen LogP contribution < -0.4 is 5.32 Å². The predicted molar refractivity (Wildman–Crippen MR) is 88.2 cm³/mol. The van der Waals surface area contributed by atoms with Gasteiger partial charge in [-0.15, -0.1) is 0 Å². The van der Waals surface area contributed by atoms with Crippen molar-refractivity contribution >= 4 is 11.6 Å². The van der Waals surface area contributed by atoms with Crippen LogP contribution in [0.25, 0.3) is 0 Å². The van der Waals surface area contributed by atoms with E-state index in [0.29, 0.717) is 6.54 Å². The van der Waals surface area contributed by atoms with Crippen LogP contribution in [0.4, 0.5) is 5.69 Å². The average molecular weight is 288 g/mol. The molecule has 0 unspecified atom stereocenters. The zero-order valence-electron chi connectivity index (χ0n) is 13.6. The van der Waals surface area contributed by atoms with Crippen molar-refractivity contribution in [1.82, 2.24) is 4.90 Å². The first kappa shape index (κ1) is 15.9. The third-order valence-electron chi connectivity index (χ3n) is 4.68. The molecule has 3 heteroatoms. The van der Waals surface area contributed by atoms with Crippen LogP contribution in [0.1, 0.15) is 45.1 Å². The minimum atomic E-state index is 0.103. The van der Waals surface area contributed by atoms with Gasteiger partial charge in [0.25, 0.3) is 0 Å². The molecule has 0 aromatic heterocycles. The highest BCUT2D eigenvalue weighted by Gasteiger charge is 2.18. The van der Waals surface area contributed by atoms with Gasteiger partial charge in [-0.1, -0.05) is 38.0 Å². The summed E-state index contributed by atoms with van der Waals surface area (Å²) in [5, 5.41) is 3.60. The van der Waals surface area contributed by atoms with Crippen molar-refractivity contribution in [3.8, 4) is 0 Å². The van der Waals surface area contributed by atoms with E-state index in [1.807, 2.05) is 13.1 Å². The fourth-order valence-corrected chi connectivity index (χ4v) is 2.99. The Labute approximate surface area is 128 Å². The van der Waals surface area contributed by atoms with Gasteiger partial charge in [-0.05, 0) is 36.3 Å². The van der Waals surface area contributed by atoms with Gasteiger partial charge in [-0.3, -0.25) is 4.79 Å². The second-order valence-electron chi connectivity index (χ2n) is 6.54. The maximum atomic E-state index is 11.4. The summed E-state index contributed by atoms with van der Waals surface area (Å²) in [6, 6.07) is 8.32. The molecule has 21 heavy (non-hydrogen) atoms. The molecule has 1 amide bonds. The third kappa shape index (κ3) is 4.76. The number of nitrogens with zero attached hydrogens (tertiary/aromatic N) is 1. The number of para-hydroxylation sites is 1. The van der Waals surface area contributed by atoms with Gasteiger partial charge in [0.1, 0.15) is 0 Å². The molecule has 1 aliphatic carbocycles. The van der Waals surface area contributed by atoms with Crippen LogP contribution in [-0.2, 0) is 11.3 Å². The molecule has 1 fully saturated rings. The van der Waals surface area contributed by atoms with Gasteiger partial charge in [0, 0.05) is 32.7 Å². The summed E-state index contributed by atoms with van der Waals surface area (Å²) in [6.07, 6.45) is 5.40. The monoisotopic (exact) mass is 288 g/mol. The summed E-state index contributed by atoms with van der Waals surface area (Å²) in [4.78, 5) is 13.2. The van der Waals surface area contributed by atoms with E-state index in [2.05, 4.69) is 30.4 Å². The maximum Gasteiger partial charge on any atom is 0.219 e. The minimum absolute atomic E-state index is 0.103. The van der Waals surface area contributed by atoms with Gasteiger partial charge >= 0.3 is 0 Å². The lowest BCUT2D eigenvalue weighted by Crippen LogP contribution is -2.24. The van der Waals surface area contributed by atoms with Gasteiger partial charge in [0.2, 0.25) is 5.91 Å². The number of carbonyl (C=O) groups is 1. The molecule has 0 bridgehead atoms. The first-order valence-corrected chi connectivity index (χ1v) is 8.09. The zero-order valence-corrected chi connectivity index (χ0v) is 13.6. The number of anilines is 1. The molecule has 1 aromatic rings. The molecule has 3 nitrogen and oxygen atoms in total. The Morgan fingerprint density at radius 3 is 2.57 bits per heavy atom. The lowest BCUT2D eigenvalue weighted by molar-refractivity contribution is -0.128. The van der Waals surface area contributed by atoms with E-state index in [0.717, 1.165) is 18.4 Å². The number of amides is 1. The molecule has 0 saturated heterocycles. The van der Waals surface area contributed by atoms with E-state index in [1.165, 1.54) is 36.9 Å². The van der Waals surface area contributed by atoms with E-state index in [4.69, 9.17) is 0 Å². The summed E-state index contributed by atoms with van der Waals surface area (Å²) in [5.74, 6) is 1.80. The average Bonchev–Trinajstić information content (AvgIpc) is 2.48. The zero-order chi connectivity index (χ0) is 15.2. The largest absolute Gasteiger partial charge is 0.384 e. The van der Waals surface area contributed by atoms with E-state index in [1.54, 1.807) is 11.8 Å². The molecular weight excluding hydrogens is 260 g/mol. The maximum absolute atomic E-state index is 11.4. The van der Waals surface area contributed by atoms with Gasteiger partial charge in [-0.25, -0.2) is 0 Å². The van der Waals surface area contributed by atoms with Gasteiger partial charge < -0.3 is 10.2 Å². The molecule has 1 saturated carbocycles. The number of benzene rings is 1. The molecule has 0 heterocycles. The first-order valence-electron chi connectivity index (χ1n) is 8.09. The normalized spacial score (nSPS) is 21.9. The first-order chi connectivity index (χ1) is 10.1. The Morgan fingerprint density at radius 2 is 1.90 bits per heavy atom. The van der Waals surface area contributed by atoms with Crippen LogP contribution in [0.5, 0.6) is 0 Å².